The first-order chi connectivity index (χ1) is 13.2. The Kier molecular flexibility index (Phi) is 6.60. The van der Waals surface area contributed by atoms with Gasteiger partial charge < -0.3 is 15.4 Å². The van der Waals surface area contributed by atoms with Crippen LogP contribution in [0.3, 0.4) is 0 Å². The van der Waals surface area contributed by atoms with Crippen LogP contribution in [0.4, 0.5) is 0 Å². The van der Waals surface area contributed by atoms with E-state index >= 15 is 0 Å². The zero-order valence-electron chi connectivity index (χ0n) is 16.3. The molecule has 3 rings (SSSR count). The van der Waals surface area contributed by atoms with Crippen molar-refractivity contribution >= 4 is 11.0 Å². The van der Waals surface area contributed by atoms with Crippen molar-refractivity contribution in [3.8, 4) is 0 Å². The van der Waals surface area contributed by atoms with Crippen LogP contribution in [0.1, 0.15) is 32.8 Å². The molecule has 1 saturated heterocycles. The van der Waals surface area contributed by atoms with Crippen LogP contribution in [0.25, 0.3) is 11.0 Å². The molecule has 1 aromatic carbocycles. The second-order valence-corrected chi connectivity index (χ2v) is 6.94. The van der Waals surface area contributed by atoms with Gasteiger partial charge in [0, 0.05) is 25.5 Å². The predicted molar refractivity (Wildman–Crippen MR) is 110 cm³/mol. The molecule has 0 amide bonds. The molecular weight excluding hydrogens is 336 g/mol. The first-order valence-electron chi connectivity index (χ1n) is 9.48. The Bertz CT molecular complexity index is 859. The summed E-state index contributed by atoms with van der Waals surface area (Å²) in [6.45, 7) is 8.81. The SMILES string of the molecule is C/C=C(NCc1ccc2nccnc2c1)\C(=C/C=C(C)C)OC1CCNC1. The first-order valence-corrected chi connectivity index (χ1v) is 9.48. The van der Waals surface area contributed by atoms with Crippen LogP contribution in [0.15, 0.2) is 65.9 Å². The Morgan fingerprint density at radius 1 is 1.22 bits per heavy atom. The van der Waals surface area contributed by atoms with Gasteiger partial charge in [-0.1, -0.05) is 23.8 Å². The summed E-state index contributed by atoms with van der Waals surface area (Å²) in [6.07, 6.45) is 10.9. The Morgan fingerprint density at radius 3 is 2.74 bits per heavy atom. The molecule has 27 heavy (non-hydrogen) atoms. The standard InChI is InChI=1S/C22H28N4O/c1-4-19(22(8-5-16(2)3)27-18-9-10-23-15-18)26-14-17-6-7-20-21(13-17)25-12-11-24-20/h4-8,11-13,18,23,26H,9-10,14-15H2,1-3H3/b19-4+,22-8+. The van der Waals surface area contributed by atoms with Gasteiger partial charge in [0.25, 0.3) is 0 Å². The minimum absolute atomic E-state index is 0.217. The highest BCUT2D eigenvalue weighted by Crippen LogP contribution is 2.18. The second kappa shape index (κ2) is 9.33. The number of nitrogens with zero attached hydrogens (tertiary/aromatic N) is 2. The number of hydrogen-bond donors (Lipinski definition) is 2. The van der Waals surface area contributed by atoms with E-state index in [0.29, 0.717) is 6.54 Å². The van der Waals surface area contributed by atoms with E-state index in [9.17, 15) is 0 Å². The van der Waals surface area contributed by atoms with Crippen LogP contribution in [0.2, 0.25) is 0 Å². The van der Waals surface area contributed by atoms with Crippen LogP contribution in [0.5, 0.6) is 0 Å². The van der Waals surface area contributed by atoms with E-state index in [1.165, 1.54) is 5.57 Å². The zero-order chi connectivity index (χ0) is 19.1. The van der Waals surface area contributed by atoms with Gasteiger partial charge >= 0.3 is 0 Å². The normalized spacial score (nSPS) is 17.8. The summed E-state index contributed by atoms with van der Waals surface area (Å²) < 4.78 is 6.27. The number of allylic oxidation sites excluding steroid dienone is 4. The van der Waals surface area contributed by atoms with Crippen molar-refractivity contribution < 1.29 is 4.74 Å². The predicted octanol–water partition coefficient (Wildman–Crippen LogP) is 3.85. The minimum Gasteiger partial charge on any atom is -0.487 e. The summed E-state index contributed by atoms with van der Waals surface area (Å²) in [5.41, 5.74) is 5.22. The highest BCUT2D eigenvalue weighted by atomic mass is 16.5. The lowest BCUT2D eigenvalue weighted by Gasteiger charge is -2.19. The lowest BCUT2D eigenvalue weighted by Crippen LogP contribution is -2.21. The van der Waals surface area contributed by atoms with E-state index in [1.54, 1.807) is 12.4 Å². The molecule has 142 valence electrons. The van der Waals surface area contributed by atoms with E-state index in [1.807, 2.05) is 13.0 Å². The average molecular weight is 364 g/mol. The van der Waals surface area contributed by atoms with Crippen molar-refractivity contribution in [3.63, 3.8) is 0 Å². The summed E-state index contributed by atoms with van der Waals surface area (Å²) in [6, 6.07) is 6.16. The van der Waals surface area contributed by atoms with Gasteiger partial charge in [0.1, 0.15) is 11.9 Å². The maximum atomic E-state index is 6.27. The summed E-state index contributed by atoms with van der Waals surface area (Å²) >= 11 is 0. The largest absolute Gasteiger partial charge is 0.487 e. The number of aromatic nitrogens is 2. The fraction of sp³-hybridized carbons (Fsp3) is 0.364. The van der Waals surface area contributed by atoms with Crippen LogP contribution in [-0.2, 0) is 11.3 Å². The Balaban J connectivity index is 1.73. The van der Waals surface area contributed by atoms with Crippen molar-refractivity contribution in [2.45, 2.75) is 39.8 Å². The topological polar surface area (TPSA) is 59.1 Å². The Labute approximate surface area is 161 Å². The molecule has 1 aromatic heterocycles. The molecule has 1 aliphatic heterocycles. The third-order valence-corrected chi connectivity index (χ3v) is 4.45. The fourth-order valence-electron chi connectivity index (χ4n) is 2.99. The Morgan fingerprint density at radius 2 is 2.04 bits per heavy atom. The molecule has 0 aliphatic carbocycles. The maximum Gasteiger partial charge on any atom is 0.142 e. The lowest BCUT2D eigenvalue weighted by molar-refractivity contribution is 0.136. The van der Waals surface area contributed by atoms with Gasteiger partial charge in [-0.3, -0.25) is 9.97 Å². The Hall–Kier alpha value is -2.66. The molecule has 2 heterocycles. The second-order valence-electron chi connectivity index (χ2n) is 6.94. The smallest absolute Gasteiger partial charge is 0.142 e. The van der Waals surface area contributed by atoms with Gasteiger partial charge in [-0.15, -0.1) is 0 Å². The molecule has 5 heteroatoms. The number of rotatable bonds is 7. The number of hydrogen-bond acceptors (Lipinski definition) is 5. The van der Waals surface area contributed by atoms with E-state index in [-0.39, 0.29) is 6.10 Å². The van der Waals surface area contributed by atoms with Crippen molar-refractivity contribution in [1.82, 2.24) is 20.6 Å². The van der Waals surface area contributed by atoms with Crippen LogP contribution in [0, 0.1) is 0 Å². The monoisotopic (exact) mass is 364 g/mol. The summed E-state index contributed by atoms with van der Waals surface area (Å²) in [7, 11) is 0. The molecule has 5 nitrogen and oxygen atoms in total. The molecule has 2 N–H and O–H groups in total. The van der Waals surface area contributed by atoms with Crippen LogP contribution < -0.4 is 10.6 Å². The van der Waals surface area contributed by atoms with E-state index in [2.05, 4.69) is 64.8 Å². The average Bonchev–Trinajstić information content (AvgIpc) is 3.19. The zero-order valence-corrected chi connectivity index (χ0v) is 16.3. The molecule has 0 spiro atoms. The van der Waals surface area contributed by atoms with Gasteiger partial charge in [-0.05, 0) is 57.5 Å². The molecule has 0 bridgehead atoms. The number of fused-ring (bicyclic) bond motifs is 1. The van der Waals surface area contributed by atoms with E-state index in [0.717, 1.165) is 47.6 Å². The molecule has 1 aliphatic rings. The summed E-state index contributed by atoms with van der Waals surface area (Å²) in [5.74, 6) is 0.882. The van der Waals surface area contributed by atoms with Crippen molar-refractivity contribution in [2.24, 2.45) is 0 Å². The molecule has 0 saturated carbocycles. The van der Waals surface area contributed by atoms with Gasteiger partial charge in [-0.2, -0.15) is 0 Å². The molecule has 2 aromatic rings. The molecule has 1 unspecified atom stereocenters. The van der Waals surface area contributed by atoms with Crippen molar-refractivity contribution in [3.05, 3.63) is 71.4 Å². The summed E-state index contributed by atoms with van der Waals surface area (Å²) in [5, 5.41) is 6.87. The number of benzene rings is 1. The van der Waals surface area contributed by atoms with Gasteiger partial charge in [-0.25, -0.2) is 0 Å². The number of nitrogens with one attached hydrogen (secondary N) is 2. The first kappa shape index (κ1) is 19.1. The van der Waals surface area contributed by atoms with Gasteiger partial charge in [0.2, 0.25) is 0 Å². The lowest BCUT2D eigenvalue weighted by atomic mass is 10.2. The van der Waals surface area contributed by atoms with E-state index < -0.39 is 0 Å². The molecule has 1 atom stereocenters. The highest BCUT2D eigenvalue weighted by Gasteiger charge is 2.18. The molecular formula is C22H28N4O. The van der Waals surface area contributed by atoms with Gasteiger partial charge in [0.05, 0.1) is 16.7 Å². The minimum atomic E-state index is 0.217. The molecule has 1 fully saturated rings. The van der Waals surface area contributed by atoms with Crippen LogP contribution in [-0.4, -0.2) is 29.2 Å². The summed E-state index contributed by atoms with van der Waals surface area (Å²) in [4.78, 5) is 8.71. The number of ether oxygens (including phenoxy) is 1. The van der Waals surface area contributed by atoms with E-state index in [4.69, 9.17) is 4.74 Å². The third-order valence-electron chi connectivity index (χ3n) is 4.45. The highest BCUT2D eigenvalue weighted by molar-refractivity contribution is 5.74. The third kappa shape index (κ3) is 5.41. The maximum absolute atomic E-state index is 6.27. The molecule has 0 radical (unpaired) electrons. The van der Waals surface area contributed by atoms with Crippen molar-refractivity contribution in [1.29, 1.82) is 0 Å². The van der Waals surface area contributed by atoms with Gasteiger partial charge in [0.15, 0.2) is 0 Å². The van der Waals surface area contributed by atoms with Crippen LogP contribution >= 0.6 is 0 Å². The van der Waals surface area contributed by atoms with Crippen molar-refractivity contribution in [2.75, 3.05) is 13.1 Å². The quantitative estimate of drug-likeness (QED) is 0.577. The fourth-order valence-corrected chi connectivity index (χ4v) is 2.99.